The second-order valence-electron chi connectivity index (χ2n) is 5.73. The minimum Gasteiger partial charge on any atom is -0.460 e. The number of fused-ring (bicyclic) bond motifs is 1. The van der Waals surface area contributed by atoms with Gasteiger partial charge in [-0.2, -0.15) is 0 Å². The molecule has 0 radical (unpaired) electrons. The van der Waals surface area contributed by atoms with Crippen molar-refractivity contribution in [3.8, 4) is 0 Å². The number of carbonyl (C=O) groups excluding carboxylic acids is 2. The van der Waals surface area contributed by atoms with Crippen molar-refractivity contribution in [2.45, 2.75) is 13.5 Å². The molecule has 0 aliphatic rings. The van der Waals surface area contributed by atoms with E-state index in [-0.39, 0.29) is 24.8 Å². The Morgan fingerprint density at radius 2 is 1.96 bits per heavy atom. The number of ether oxygens (including phenoxy) is 1. The van der Waals surface area contributed by atoms with E-state index >= 15 is 0 Å². The quantitative estimate of drug-likeness (QED) is 0.702. The normalized spacial score (nSPS) is 11.1. The number of hydrogen-bond donors (Lipinski definition) is 0. The molecule has 0 fully saturated rings. The third kappa shape index (κ3) is 4.15. The molecule has 0 spiro atoms. The highest BCUT2D eigenvalue weighted by Gasteiger charge is 2.23. The van der Waals surface area contributed by atoms with Gasteiger partial charge in [0.2, 0.25) is 11.7 Å². The molecule has 2 rings (SSSR count). The standard InChI is InChI=1S/C17H21BrN2O4/c1-5-23-17(22)16-13(9-20(4)10-15(21)19(2)3)12-8-11(18)6-7-14(12)24-16/h6-8H,5,9-10H2,1-4H3. The second kappa shape index (κ2) is 7.81. The SMILES string of the molecule is CCOC(=O)c1oc2ccc(Br)cc2c1CN(C)CC(=O)N(C)C. The average molecular weight is 397 g/mol. The van der Waals surface area contributed by atoms with Gasteiger partial charge >= 0.3 is 5.97 Å². The number of nitrogens with zero attached hydrogens (tertiary/aromatic N) is 2. The lowest BCUT2D eigenvalue weighted by Crippen LogP contribution is -2.34. The molecular weight excluding hydrogens is 376 g/mol. The summed E-state index contributed by atoms with van der Waals surface area (Å²) in [6.45, 7) is 2.67. The van der Waals surface area contributed by atoms with Gasteiger partial charge in [-0.25, -0.2) is 4.79 Å². The van der Waals surface area contributed by atoms with Gasteiger partial charge in [-0.3, -0.25) is 9.69 Å². The van der Waals surface area contributed by atoms with Gasteiger partial charge in [-0.15, -0.1) is 0 Å². The van der Waals surface area contributed by atoms with Crippen LogP contribution in [0.3, 0.4) is 0 Å². The molecule has 0 saturated carbocycles. The maximum atomic E-state index is 12.2. The van der Waals surface area contributed by atoms with E-state index in [9.17, 15) is 9.59 Å². The molecule has 1 heterocycles. The Bertz CT molecular complexity index is 754. The molecule has 0 saturated heterocycles. The van der Waals surface area contributed by atoms with E-state index in [2.05, 4.69) is 15.9 Å². The zero-order valence-corrected chi connectivity index (χ0v) is 15.8. The molecule has 0 bridgehead atoms. The van der Waals surface area contributed by atoms with Gasteiger partial charge in [0.25, 0.3) is 0 Å². The highest BCUT2D eigenvalue weighted by Crippen LogP contribution is 2.30. The Hall–Kier alpha value is -1.86. The van der Waals surface area contributed by atoms with Crippen LogP contribution in [0.2, 0.25) is 0 Å². The van der Waals surface area contributed by atoms with E-state index in [1.807, 2.05) is 24.1 Å². The lowest BCUT2D eigenvalue weighted by atomic mass is 10.1. The highest BCUT2D eigenvalue weighted by atomic mass is 79.9. The van der Waals surface area contributed by atoms with Crippen molar-refractivity contribution < 1.29 is 18.7 Å². The van der Waals surface area contributed by atoms with Crippen molar-refractivity contribution in [1.29, 1.82) is 0 Å². The summed E-state index contributed by atoms with van der Waals surface area (Å²) < 4.78 is 11.7. The molecule has 130 valence electrons. The number of esters is 1. The Morgan fingerprint density at radius 3 is 2.58 bits per heavy atom. The third-order valence-electron chi connectivity index (χ3n) is 3.55. The van der Waals surface area contributed by atoms with Crippen molar-refractivity contribution in [2.75, 3.05) is 34.3 Å². The number of benzene rings is 1. The molecule has 2 aromatic rings. The predicted octanol–water partition coefficient (Wildman–Crippen LogP) is 2.89. The first-order valence-corrected chi connectivity index (χ1v) is 8.39. The molecule has 1 aromatic heterocycles. The smallest absolute Gasteiger partial charge is 0.374 e. The van der Waals surface area contributed by atoms with Crippen LogP contribution >= 0.6 is 15.9 Å². The third-order valence-corrected chi connectivity index (χ3v) is 4.04. The van der Waals surface area contributed by atoms with Crippen molar-refractivity contribution in [3.63, 3.8) is 0 Å². The van der Waals surface area contributed by atoms with Crippen LogP contribution in [0.25, 0.3) is 11.0 Å². The Morgan fingerprint density at radius 1 is 1.25 bits per heavy atom. The van der Waals surface area contributed by atoms with Crippen molar-refractivity contribution >= 4 is 38.8 Å². The first-order chi connectivity index (χ1) is 11.3. The van der Waals surface area contributed by atoms with Crippen LogP contribution < -0.4 is 0 Å². The van der Waals surface area contributed by atoms with Gasteiger partial charge in [0, 0.05) is 36.1 Å². The van der Waals surface area contributed by atoms with Crippen LogP contribution in [0, 0.1) is 0 Å². The van der Waals surface area contributed by atoms with Crippen LogP contribution in [0.15, 0.2) is 27.1 Å². The Balaban J connectivity index is 2.38. The van der Waals surface area contributed by atoms with Crippen LogP contribution in [0.1, 0.15) is 23.0 Å². The summed E-state index contributed by atoms with van der Waals surface area (Å²) in [5.74, 6) is -0.314. The molecule has 7 heteroatoms. The lowest BCUT2D eigenvalue weighted by Gasteiger charge is -2.18. The molecule has 0 aliphatic heterocycles. The van der Waals surface area contributed by atoms with E-state index < -0.39 is 5.97 Å². The van der Waals surface area contributed by atoms with E-state index in [1.54, 1.807) is 27.1 Å². The topological polar surface area (TPSA) is 63.0 Å². The molecule has 24 heavy (non-hydrogen) atoms. The van der Waals surface area contributed by atoms with E-state index in [1.165, 1.54) is 4.90 Å². The van der Waals surface area contributed by atoms with Crippen LogP contribution in [-0.4, -0.2) is 56.0 Å². The van der Waals surface area contributed by atoms with Gasteiger partial charge in [0.15, 0.2) is 0 Å². The summed E-state index contributed by atoms with van der Waals surface area (Å²) in [6, 6.07) is 5.55. The number of carbonyl (C=O) groups is 2. The van der Waals surface area contributed by atoms with E-state index in [0.29, 0.717) is 12.1 Å². The monoisotopic (exact) mass is 396 g/mol. The van der Waals surface area contributed by atoms with Crippen LogP contribution in [0.4, 0.5) is 0 Å². The summed E-state index contributed by atoms with van der Waals surface area (Å²) in [4.78, 5) is 27.5. The van der Waals surface area contributed by atoms with Crippen molar-refractivity contribution in [2.24, 2.45) is 0 Å². The first kappa shape index (κ1) is 18.5. The zero-order chi connectivity index (χ0) is 17.9. The fourth-order valence-electron chi connectivity index (χ4n) is 2.34. The maximum Gasteiger partial charge on any atom is 0.374 e. The number of furan rings is 1. The van der Waals surface area contributed by atoms with Crippen LogP contribution in [-0.2, 0) is 16.1 Å². The van der Waals surface area contributed by atoms with E-state index in [0.717, 1.165) is 15.4 Å². The molecular formula is C17H21BrN2O4. The van der Waals surface area contributed by atoms with Gasteiger partial charge in [0.1, 0.15) is 5.58 Å². The predicted molar refractivity (Wildman–Crippen MR) is 94.9 cm³/mol. The van der Waals surface area contributed by atoms with Gasteiger partial charge < -0.3 is 14.1 Å². The fourth-order valence-corrected chi connectivity index (χ4v) is 2.70. The zero-order valence-electron chi connectivity index (χ0n) is 14.3. The van der Waals surface area contributed by atoms with E-state index in [4.69, 9.17) is 9.15 Å². The van der Waals surface area contributed by atoms with Gasteiger partial charge in [-0.05, 0) is 32.2 Å². The number of rotatable bonds is 6. The molecule has 0 N–H and O–H groups in total. The maximum absolute atomic E-state index is 12.2. The summed E-state index contributed by atoms with van der Waals surface area (Å²) in [6.07, 6.45) is 0. The average Bonchev–Trinajstić information content (AvgIpc) is 2.85. The molecule has 0 unspecified atom stereocenters. The minimum absolute atomic E-state index is 0.0100. The Kier molecular flexibility index (Phi) is 6.01. The molecule has 0 atom stereocenters. The first-order valence-electron chi connectivity index (χ1n) is 7.60. The fraction of sp³-hybridized carbons (Fsp3) is 0.412. The summed E-state index contributed by atoms with van der Waals surface area (Å²) in [5, 5.41) is 0.830. The number of halogens is 1. The summed E-state index contributed by atoms with van der Waals surface area (Å²) >= 11 is 3.44. The summed E-state index contributed by atoms with van der Waals surface area (Å²) in [5.41, 5.74) is 1.34. The number of amides is 1. The summed E-state index contributed by atoms with van der Waals surface area (Å²) in [7, 11) is 5.25. The molecule has 1 aromatic carbocycles. The second-order valence-corrected chi connectivity index (χ2v) is 6.65. The minimum atomic E-state index is -0.493. The van der Waals surface area contributed by atoms with Gasteiger partial charge in [0.05, 0.1) is 13.2 Å². The van der Waals surface area contributed by atoms with Crippen molar-refractivity contribution in [3.05, 3.63) is 34.0 Å². The van der Waals surface area contributed by atoms with Crippen molar-refractivity contribution in [1.82, 2.24) is 9.80 Å². The molecule has 0 aliphatic carbocycles. The molecule has 1 amide bonds. The Labute approximate surface area is 149 Å². The highest BCUT2D eigenvalue weighted by molar-refractivity contribution is 9.10. The van der Waals surface area contributed by atoms with Gasteiger partial charge in [-0.1, -0.05) is 15.9 Å². The number of likely N-dealkylation sites (N-methyl/N-ethyl adjacent to an activating group) is 2. The molecule has 6 nitrogen and oxygen atoms in total. The van der Waals surface area contributed by atoms with Crippen LogP contribution in [0.5, 0.6) is 0 Å². The lowest BCUT2D eigenvalue weighted by molar-refractivity contribution is -0.129. The largest absolute Gasteiger partial charge is 0.460 e. The number of hydrogen-bond acceptors (Lipinski definition) is 5.